The minimum atomic E-state index is 0.0164. The van der Waals surface area contributed by atoms with Crippen LogP contribution in [-0.4, -0.2) is 41.6 Å². The van der Waals surface area contributed by atoms with E-state index in [1.807, 2.05) is 11.8 Å². The van der Waals surface area contributed by atoms with Crippen molar-refractivity contribution in [2.75, 3.05) is 19.6 Å². The van der Waals surface area contributed by atoms with Gasteiger partial charge in [0, 0.05) is 25.7 Å². The van der Waals surface area contributed by atoms with Crippen molar-refractivity contribution in [3.63, 3.8) is 0 Å². The maximum Gasteiger partial charge on any atom is 0.259 e. The Hall–Kier alpha value is -1.36. The molecule has 5 heteroatoms. The molecule has 0 saturated carbocycles. The van der Waals surface area contributed by atoms with E-state index in [4.69, 9.17) is 4.52 Å². The van der Waals surface area contributed by atoms with Crippen LogP contribution in [0.5, 0.6) is 0 Å². The van der Waals surface area contributed by atoms with Gasteiger partial charge >= 0.3 is 0 Å². The van der Waals surface area contributed by atoms with Gasteiger partial charge in [-0.15, -0.1) is 0 Å². The smallest absolute Gasteiger partial charge is 0.259 e. The highest BCUT2D eigenvalue weighted by Crippen LogP contribution is 2.13. The summed E-state index contributed by atoms with van der Waals surface area (Å²) in [5.41, 5.74) is 0.573. The summed E-state index contributed by atoms with van der Waals surface area (Å²) in [6, 6.07) is 0.223. The molecular formula is C10H15N3O2. The summed E-state index contributed by atoms with van der Waals surface area (Å²) in [7, 11) is 0. The Morgan fingerprint density at radius 3 is 3.13 bits per heavy atom. The highest BCUT2D eigenvalue weighted by molar-refractivity contribution is 5.95. The fourth-order valence-electron chi connectivity index (χ4n) is 1.80. The van der Waals surface area contributed by atoms with Crippen LogP contribution >= 0.6 is 0 Å². The lowest BCUT2D eigenvalue weighted by molar-refractivity contribution is 0.0654. The van der Waals surface area contributed by atoms with E-state index < -0.39 is 0 Å². The summed E-state index contributed by atoms with van der Waals surface area (Å²) in [6.45, 7) is 6.22. The molecule has 82 valence electrons. The Labute approximate surface area is 88.4 Å². The molecule has 2 rings (SSSR count). The standard InChI is InChI=1S/C10H15N3O2/c1-7-5-11-3-4-13(7)10(14)9-6-12-15-8(9)2/h6-7,11H,3-5H2,1-2H3/t7-/m1/s1. The molecule has 5 nitrogen and oxygen atoms in total. The van der Waals surface area contributed by atoms with Gasteiger partial charge in [-0.05, 0) is 13.8 Å². The number of piperazine rings is 1. The van der Waals surface area contributed by atoms with Crippen LogP contribution in [0.25, 0.3) is 0 Å². The van der Waals surface area contributed by atoms with Crippen molar-refractivity contribution < 1.29 is 9.32 Å². The maximum atomic E-state index is 12.1. The van der Waals surface area contributed by atoms with Gasteiger partial charge in [-0.3, -0.25) is 4.79 Å². The summed E-state index contributed by atoms with van der Waals surface area (Å²) in [6.07, 6.45) is 1.49. The largest absolute Gasteiger partial charge is 0.361 e. The molecule has 1 atom stereocenters. The number of aromatic nitrogens is 1. The average Bonchev–Trinajstić information content (AvgIpc) is 2.64. The van der Waals surface area contributed by atoms with Crippen LogP contribution in [0.3, 0.4) is 0 Å². The zero-order valence-electron chi connectivity index (χ0n) is 8.99. The molecule has 0 radical (unpaired) electrons. The first-order chi connectivity index (χ1) is 7.20. The molecule has 0 aliphatic carbocycles. The van der Waals surface area contributed by atoms with Gasteiger partial charge in [-0.2, -0.15) is 0 Å². The molecule has 0 unspecified atom stereocenters. The highest BCUT2D eigenvalue weighted by Gasteiger charge is 2.26. The van der Waals surface area contributed by atoms with Crippen molar-refractivity contribution in [3.8, 4) is 0 Å². The predicted molar refractivity (Wildman–Crippen MR) is 54.6 cm³/mol. The third kappa shape index (κ3) is 1.87. The van der Waals surface area contributed by atoms with Gasteiger partial charge in [-0.1, -0.05) is 5.16 Å². The molecule has 2 heterocycles. The number of carbonyl (C=O) groups is 1. The number of carbonyl (C=O) groups excluding carboxylic acids is 1. The lowest BCUT2D eigenvalue weighted by Gasteiger charge is -2.33. The molecule has 1 aliphatic heterocycles. The second kappa shape index (κ2) is 4.02. The third-order valence-electron chi connectivity index (χ3n) is 2.74. The molecule has 1 N–H and O–H groups in total. The highest BCUT2D eigenvalue weighted by atomic mass is 16.5. The van der Waals surface area contributed by atoms with E-state index in [2.05, 4.69) is 10.5 Å². The van der Waals surface area contributed by atoms with E-state index in [-0.39, 0.29) is 11.9 Å². The Morgan fingerprint density at radius 2 is 2.53 bits per heavy atom. The normalized spacial score (nSPS) is 21.7. The fourth-order valence-corrected chi connectivity index (χ4v) is 1.80. The number of hydrogen-bond donors (Lipinski definition) is 1. The lowest BCUT2D eigenvalue weighted by Crippen LogP contribution is -2.52. The number of rotatable bonds is 1. The van der Waals surface area contributed by atoms with Crippen LogP contribution in [0.1, 0.15) is 23.0 Å². The zero-order valence-corrected chi connectivity index (χ0v) is 8.99. The van der Waals surface area contributed by atoms with Crippen LogP contribution in [-0.2, 0) is 0 Å². The van der Waals surface area contributed by atoms with Crippen molar-refractivity contribution in [1.82, 2.24) is 15.4 Å². The quantitative estimate of drug-likeness (QED) is 0.728. The van der Waals surface area contributed by atoms with E-state index in [9.17, 15) is 4.79 Å². The molecular weight excluding hydrogens is 194 g/mol. The van der Waals surface area contributed by atoms with Crippen LogP contribution < -0.4 is 5.32 Å². The van der Waals surface area contributed by atoms with Gasteiger partial charge in [0.15, 0.2) is 0 Å². The first-order valence-electron chi connectivity index (χ1n) is 5.13. The van der Waals surface area contributed by atoms with E-state index in [1.165, 1.54) is 6.20 Å². The molecule has 1 amide bonds. The van der Waals surface area contributed by atoms with Gasteiger partial charge < -0.3 is 14.7 Å². The molecule has 1 aromatic rings. The van der Waals surface area contributed by atoms with Gasteiger partial charge in [0.2, 0.25) is 0 Å². The third-order valence-corrected chi connectivity index (χ3v) is 2.74. The molecule has 0 bridgehead atoms. The van der Waals surface area contributed by atoms with Crippen molar-refractivity contribution in [2.45, 2.75) is 19.9 Å². The predicted octanol–water partition coefficient (Wildman–Crippen LogP) is 0.417. The number of hydrogen-bond acceptors (Lipinski definition) is 4. The molecule has 15 heavy (non-hydrogen) atoms. The Kier molecular flexibility index (Phi) is 2.73. The number of aryl methyl sites for hydroxylation is 1. The van der Waals surface area contributed by atoms with Crippen LogP contribution in [0, 0.1) is 6.92 Å². The van der Waals surface area contributed by atoms with E-state index in [0.717, 1.165) is 19.6 Å². The maximum absolute atomic E-state index is 12.1. The topological polar surface area (TPSA) is 58.4 Å². The number of nitrogens with one attached hydrogen (secondary N) is 1. The second-order valence-electron chi connectivity index (χ2n) is 3.85. The van der Waals surface area contributed by atoms with Gasteiger partial charge in [0.25, 0.3) is 5.91 Å². The molecule has 0 spiro atoms. The van der Waals surface area contributed by atoms with Crippen molar-refractivity contribution in [3.05, 3.63) is 17.5 Å². The van der Waals surface area contributed by atoms with Gasteiger partial charge in [0.1, 0.15) is 11.3 Å². The van der Waals surface area contributed by atoms with Crippen LogP contribution in [0.15, 0.2) is 10.7 Å². The second-order valence-corrected chi connectivity index (χ2v) is 3.85. The Balaban J connectivity index is 2.17. The van der Waals surface area contributed by atoms with E-state index in [0.29, 0.717) is 11.3 Å². The molecule has 1 fully saturated rings. The van der Waals surface area contributed by atoms with Gasteiger partial charge in [0.05, 0.1) is 6.20 Å². The molecule has 0 aromatic carbocycles. The van der Waals surface area contributed by atoms with Crippen molar-refractivity contribution >= 4 is 5.91 Å². The van der Waals surface area contributed by atoms with Crippen LogP contribution in [0.2, 0.25) is 0 Å². The Morgan fingerprint density at radius 1 is 1.73 bits per heavy atom. The molecule has 1 aliphatic rings. The minimum absolute atomic E-state index is 0.0164. The molecule has 1 aromatic heterocycles. The SMILES string of the molecule is Cc1oncc1C(=O)N1CCNC[C@H]1C. The zero-order chi connectivity index (χ0) is 10.8. The van der Waals surface area contributed by atoms with Crippen molar-refractivity contribution in [1.29, 1.82) is 0 Å². The lowest BCUT2D eigenvalue weighted by atomic mass is 10.1. The number of amides is 1. The summed E-state index contributed by atoms with van der Waals surface area (Å²) >= 11 is 0. The number of nitrogens with zero attached hydrogens (tertiary/aromatic N) is 2. The average molecular weight is 209 g/mol. The first kappa shape index (κ1) is 10.2. The van der Waals surface area contributed by atoms with E-state index >= 15 is 0 Å². The van der Waals surface area contributed by atoms with Crippen LogP contribution in [0.4, 0.5) is 0 Å². The Bertz CT molecular complexity index is 361. The summed E-state index contributed by atoms with van der Waals surface area (Å²) in [4.78, 5) is 13.9. The molecule has 1 saturated heterocycles. The summed E-state index contributed by atoms with van der Waals surface area (Å²) < 4.78 is 4.90. The van der Waals surface area contributed by atoms with Crippen molar-refractivity contribution in [2.24, 2.45) is 0 Å². The summed E-state index contributed by atoms with van der Waals surface area (Å²) in [5, 5.41) is 6.87. The van der Waals surface area contributed by atoms with E-state index in [1.54, 1.807) is 6.92 Å². The monoisotopic (exact) mass is 209 g/mol. The minimum Gasteiger partial charge on any atom is -0.361 e. The fraction of sp³-hybridized carbons (Fsp3) is 0.600. The van der Waals surface area contributed by atoms with Gasteiger partial charge in [-0.25, -0.2) is 0 Å². The first-order valence-corrected chi connectivity index (χ1v) is 5.13. The summed E-state index contributed by atoms with van der Waals surface area (Å²) in [5.74, 6) is 0.605.